The first-order valence-electron chi connectivity index (χ1n) is 5.36. The molecule has 0 N–H and O–H groups in total. The highest BCUT2D eigenvalue weighted by molar-refractivity contribution is 6.05. The quantitative estimate of drug-likeness (QED) is 0.680. The Kier molecular flexibility index (Phi) is 3.67. The lowest BCUT2D eigenvalue weighted by Gasteiger charge is -2.24. The predicted molar refractivity (Wildman–Crippen MR) is 56.7 cm³/mol. The van der Waals surface area contributed by atoms with Crippen molar-refractivity contribution in [3.8, 4) is 0 Å². The van der Waals surface area contributed by atoms with Crippen LogP contribution in [-0.2, 0) is 14.3 Å². The Hall–Kier alpha value is -1.39. The van der Waals surface area contributed by atoms with Crippen molar-refractivity contribution in [3.05, 3.63) is 0 Å². The molecule has 1 unspecified atom stereocenters. The van der Waals surface area contributed by atoms with E-state index in [4.69, 9.17) is 4.74 Å². The fraction of sp³-hybridized carbons (Fsp3) is 0.727. The normalized spacial score (nSPS) is 22.2. The summed E-state index contributed by atoms with van der Waals surface area (Å²) in [5.74, 6) is -1.37. The third-order valence-corrected chi connectivity index (χ3v) is 2.89. The van der Waals surface area contributed by atoms with E-state index < -0.39 is 17.9 Å². The van der Waals surface area contributed by atoms with E-state index in [1.165, 1.54) is 13.8 Å². The summed E-state index contributed by atoms with van der Waals surface area (Å²) >= 11 is 0. The van der Waals surface area contributed by atoms with Crippen LogP contribution in [0.2, 0.25) is 0 Å². The topological polar surface area (TPSA) is 63.7 Å². The number of carbonyl (C=O) groups excluding carboxylic acids is 3. The molecule has 0 saturated carbocycles. The minimum Gasteiger partial charge on any atom is -0.447 e. The van der Waals surface area contributed by atoms with Crippen molar-refractivity contribution in [1.82, 2.24) is 4.90 Å². The lowest BCUT2D eigenvalue weighted by atomic mass is 10.0. The van der Waals surface area contributed by atoms with Crippen molar-refractivity contribution in [2.75, 3.05) is 6.61 Å². The van der Waals surface area contributed by atoms with Crippen LogP contribution in [-0.4, -0.2) is 35.3 Å². The number of hydrogen-bond donors (Lipinski definition) is 0. The summed E-state index contributed by atoms with van der Waals surface area (Å²) < 4.78 is 4.85. The van der Waals surface area contributed by atoms with Gasteiger partial charge < -0.3 is 4.74 Å². The molecule has 1 aliphatic rings. The molecule has 1 fully saturated rings. The molecule has 5 nitrogen and oxygen atoms in total. The van der Waals surface area contributed by atoms with Crippen molar-refractivity contribution in [2.45, 2.75) is 33.7 Å². The summed E-state index contributed by atoms with van der Waals surface area (Å²) in [7, 11) is 0. The first-order chi connectivity index (χ1) is 7.36. The Morgan fingerprint density at radius 3 is 2.38 bits per heavy atom. The Bertz CT molecular complexity index is 324. The van der Waals surface area contributed by atoms with Gasteiger partial charge in [-0.2, -0.15) is 0 Å². The molecule has 1 saturated heterocycles. The molecule has 90 valence electrons. The third-order valence-electron chi connectivity index (χ3n) is 2.89. The van der Waals surface area contributed by atoms with Gasteiger partial charge in [-0.25, -0.2) is 9.69 Å². The standard InChI is InChI=1S/C11H17NO4/c1-6(2)9-5-16-11(15)12(9)10(14)7(3)8(4)13/h6-7,9H,5H2,1-4H3/t7?,9-/m1/s1. The van der Waals surface area contributed by atoms with E-state index in [1.807, 2.05) is 13.8 Å². The summed E-state index contributed by atoms with van der Waals surface area (Å²) in [5, 5.41) is 0. The summed E-state index contributed by atoms with van der Waals surface area (Å²) in [6.45, 7) is 6.88. The maximum absolute atomic E-state index is 11.9. The van der Waals surface area contributed by atoms with Crippen molar-refractivity contribution < 1.29 is 19.1 Å². The molecule has 1 heterocycles. The van der Waals surface area contributed by atoms with Crippen molar-refractivity contribution >= 4 is 17.8 Å². The van der Waals surface area contributed by atoms with Gasteiger partial charge in [0, 0.05) is 0 Å². The van der Waals surface area contributed by atoms with Crippen LogP contribution in [0.1, 0.15) is 27.7 Å². The number of Topliss-reactive ketones (excluding diaryl/α,β-unsaturated/α-hetero) is 1. The van der Waals surface area contributed by atoms with Crippen LogP contribution in [0.5, 0.6) is 0 Å². The van der Waals surface area contributed by atoms with Crippen molar-refractivity contribution in [1.29, 1.82) is 0 Å². The fourth-order valence-electron chi connectivity index (χ4n) is 1.56. The summed E-state index contributed by atoms with van der Waals surface area (Å²) in [5.41, 5.74) is 0. The van der Waals surface area contributed by atoms with Gasteiger partial charge in [0.2, 0.25) is 5.91 Å². The van der Waals surface area contributed by atoms with E-state index in [2.05, 4.69) is 0 Å². The molecular weight excluding hydrogens is 210 g/mol. The van der Waals surface area contributed by atoms with Gasteiger partial charge >= 0.3 is 6.09 Å². The van der Waals surface area contributed by atoms with Gasteiger partial charge in [-0.05, 0) is 19.8 Å². The number of ether oxygens (including phenoxy) is 1. The van der Waals surface area contributed by atoms with Crippen molar-refractivity contribution in [2.24, 2.45) is 11.8 Å². The zero-order chi connectivity index (χ0) is 12.5. The van der Waals surface area contributed by atoms with Crippen LogP contribution >= 0.6 is 0 Å². The van der Waals surface area contributed by atoms with Crippen molar-refractivity contribution in [3.63, 3.8) is 0 Å². The maximum Gasteiger partial charge on any atom is 0.417 e. The monoisotopic (exact) mass is 227 g/mol. The van der Waals surface area contributed by atoms with Crippen LogP contribution in [0.15, 0.2) is 0 Å². The first kappa shape index (κ1) is 12.7. The molecule has 2 amide bonds. The largest absolute Gasteiger partial charge is 0.447 e. The average molecular weight is 227 g/mol. The van der Waals surface area contributed by atoms with E-state index in [0.29, 0.717) is 0 Å². The van der Waals surface area contributed by atoms with E-state index in [9.17, 15) is 14.4 Å². The molecule has 0 bridgehead atoms. The molecule has 0 spiro atoms. The molecule has 16 heavy (non-hydrogen) atoms. The zero-order valence-corrected chi connectivity index (χ0v) is 10.0. The molecule has 0 aromatic carbocycles. The van der Waals surface area contributed by atoms with Crippen LogP contribution in [0.3, 0.4) is 0 Å². The van der Waals surface area contributed by atoms with Crippen LogP contribution < -0.4 is 0 Å². The van der Waals surface area contributed by atoms with Crippen LogP contribution in [0.25, 0.3) is 0 Å². The second-order valence-corrected chi connectivity index (χ2v) is 4.43. The van der Waals surface area contributed by atoms with E-state index in [-0.39, 0.29) is 24.3 Å². The Labute approximate surface area is 94.7 Å². The number of hydrogen-bond acceptors (Lipinski definition) is 4. The second-order valence-electron chi connectivity index (χ2n) is 4.43. The van der Waals surface area contributed by atoms with E-state index in [0.717, 1.165) is 4.90 Å². The summed E-state index contributed by atoms with van der Waals surface area (Å²) in [6.07, 6.45) is -0.642. The van der Waals surface area contributed by atoms with Gasteiger partial charge in [-0.1, -0.05) is 13.8 Å². The lowest BCUT2D eigenvalue weighted by molar-refractivity contribution is -0.138. The van der Waals surface area contributed by atoms with E-state index in [1.54, 1.807) is 0 Å². The van der Waals surface area contributed by atoms with Gasteiger partial charge in [-0.15, -0.1) is 0 Å². The number of cyclic esters (lactones) is 1. The minimum absolute atomic E-state index is 0.120. The SMILES string of the molecule is CC(=O)C(C)C(=O)N1C(=O)OC[C@@H]1C(C)C. The van der Waals surface area contributed by atoms with Gasteiger partial charge in [0.1, 0.15) is 12.4 Å². The second kappa shape index (κ2) is 4.63. The number of amides is 2. The summed E-state index contributed by atoms with van der Waals surface area (Å²) in [4.78, 5) is 35.6. The number of nitrogens with zero attached hydrogens (tertiary/aromatic N) is 1. The smallest absolute Gasteiger partial charge is 0.417 e. The van der Waals surface area contributed by atoms with E-state index >= 15 is 0 Å². The van der Waals surface area contributed by atoms with Gasteiger partial charge in [-0.3, -0.25) is 9.59 Å². The Balaban J connectivity index is 2.87. The zero-order valence-electron chi connectivity index (χ0n) is 10.0. The van der Waals surface area contributed by atoms with Crippen LogP contribution in [0.4, 0.5) is 4.79 Å². The Morgan fingerprint density at radius 1 is 1.38 bits per heavy atom. The predicted octanol–water partition coefficient (Wildman–Crippen LogP) is 1.21. The van der Waals surface area contributed by atoms with Gasteiger partial charge in [0.25, 0.3) is 0 Å². The number of carbonyl (C=O) groups is 3. The highest BCUT2D eigenvalue weighted by atomic mass is 16.6. The fourth-order valence-corrected chi connectivity index (χ4v) is 1.56. The molecule has 1 aliphatic heterocycles. The van der Waals surface area contributed by atoms with Gasteiger partial charge in [0.15, 0.2) is 0 Å². The number of ketones is 1. The van der Waals surface area contributed by atoms with Crippen LogP contribution in [0, 0.1) is 11.8 Å². The molecule has 1 rings (SSSR count). The average Bonchev–Trinajstić information content (AvgIpc) is 2.57. The molecule has 0 aliphatic carbocycles. The third kappa shape index (κ3) is 2.23. The molecular formula is C11H17NO4. The first-order valence-corrected chi connectivity index (χ1v) is 5.36. The lowest BCUT2D eigenvalue weighted by Crippen LogP contribution is -2.45. The molecule has 0 aromatic heterocycles. The summed E-state index contributed by atoms with van der Waals surface area (Å²) in [6, 6.07) is -0.262. The maximum atomic E-state index is 11.9. The number of imide groups is 1. The molecule has 0 aromatic rings. The minimum atomic E-state index is -0.785. The molecule has 2 atom stereocenters. The molecule has 5 heteroatoms. The highest BCUT2D eigenvalue weighted by Gasteiger charge is 2.41. The Morgan fingerprint density at radius 2 is 1.94 bits per heavy atom. The highest BCUT2D eigenvalue weighted by Crippen LogP contribution is 2.21. The van der Waals surface area contributed by atoms with Gasteiger partial charge in [0.05, 0.1) is 12.0 Å². The molecule has 0 radical (unpaired) electrons. The number of rotatable bonds is 3.